The molecule has 0 saturated heterocycles. The van der Waals surface area contributed by atoms with Gasteiger partial charge in [0.1, 0.15) is 6.54 Å². The first-order chi connectivity index (χ1) is 6.58. The normalized spacial score (nSPS) is 11.6. The van der Waals surface area contributed by atoms with Crippen molar-refractivity contribution in [3.8, 4) is 0 Å². The zero-order valence-corrected chi connectivity index (χ0v) is 8.28. The van der Waals surface area contributed by atoms with Gasteiger partial charge in [0.25, 0.3) is 6.43 Å². The van der Waals surface area contributed by atoms with Crippen LogP contribution in [0.2, 0.25) is 0 Å². The zero-order valence-electron chi connectivity index (χ0n) is 8.28. The molecule has 5 heteroatoms. The largest absolute Gasteiger partial charge is 0.372 e. The lowest BCUT2D eigenvalue weighted by molar-refractivity contribution is 0.0626. The average Bonchev–Trinajstić information content (AvgIpc) is 2.47. The van der Waals surface area contributed by atoms with Gasteiger partial charge in [-0.2, -0.15) is 5.10 Å². The molecular weight excluding hydrogens is 190 g/mol. The number of hydrogen-bond acceptors (Lipinski definition) is 2. The maximum absolute atomic E-state index is 12.0. The molecule has 0 aliphatic heterocycles. The van der Waals surface area contributed by atoms with Gasteiger partial charge in [-0.25, -0.2) is 8.78 Å². The molecule has 1 aromatic heterocycles. The van der Waals surface area contributed by atoms with Crippen molar-refractivity contribution in [1.82, 2.24) is 9.78 Å². The summed E-state index contributed by atoms with van der Waals surface area (Å²) in [5.74, 6) is 0. The molecule has 1 rings (SSSR count). The molecule has 0 N–H and O–H groups in total. The van der Waals surface area contributed by atoms with Gasteiger partial charge in [-0.05, 0) is 19.9 Å². The minimum atomic E-state index is -2.37. The quantitative estimate of drug-likeness (QED) is 0.734. The topological polar surface area (TPSA) is 27.1 Å². The maximum atomic E-state index is 12.0. The summed E-state index contributed by atoms with van der Waals surface area (Å²) in [6, 6.07) is 1.69. The van der Waals surface area contributed by atoms with Gasteiger partial charge in [-0.3, -0.25) is 4.68 Å². The van der Waals surface area contributed by atoms with Crippen molar-refractivity contribution in [2.45, 2.75) is 39.5 Å². The molecule has 3 nitrogen and oxygen atoms in total. The van der Waals surface area contributed by atoms with Gasteiger partial charge in [-0.15, -0.1) is 0 Å². The Kier molecular flexibility index (Phi) is 4.00. The van der Waals surface area contributed by atoms with Crippen LogP contribution in [0, 0.1) is 0 Å². The molecule has 1 aromatic rings. The second kappa shape index (κ2) is 5.05. The van der Waals surface area contributed by atoms with E-state index in [0.29, 0.717) is 12.3 Å². The Bertz CT molecular complexity index is 274. The van der Waals surface area contributed by atoms with Crippen LogP contribution in [0.4, 0.5) is 8.78 Å². The van der Waals surface area contributed by atoms with Crippen molar-refractivity contribution in [3.05, 3.63) is 18.0 Å². The molecule has 0 fully saturated rings. The van der Waals surface area contributed by atoms with Gasteiger partial charge in [0, 0.05) is 6.20 Å². The summed E-state index contributed by atoms with van der Waals surface area (Å²) >= 11 is 0. The first-order valence-corrected chi connectivity index (χ1v) is 4.50. The van der Waals surface area contributed by atoms with E-state index < -0.39 is 6.43 Å². The van der Waals surface area contributed by atoms with E-state index in [9.17, 15) is 8.78 Å². The number of alkyl halides is 2. The van der Waals surface area contributed by atoms with Crippen LogP contribution in [0.15, 0.2) is 12.3 Å². The Labute approximate surface area is 81.7 Å². The number of hydrogen-bond donors (Lipinski definition) is 0. The van der Waals surface area contributed by atoms with Crippen LogP contribution in [0.1, 0.15) is 19.5 Å². The number of aromatic nitrogens is 2. The molecule has 0 radical (unpaired) electrons. The average molecular weight is 204 g/mol. The third kappa shape index (κ3) is 3.83. The summed E-state index contributed by atoms with van der Waals surface area (Å²) in [5.41, 5.74) is 0.680. The number of halogens is 2. The molecule has 0 amide bonds. The van der Waals surface area contributed by atoms with Gasteiger partial charge in [0.2, 0.25) is 0 Å². The van der Waals surface area contributed by atoms with Gasteiger partial charge in [0.15, 0.2) is 0 Å². The highest BCUT2D eigenvalue weighted by molar-refractivity contribution is 4.97. The van der Waals surface area contributed by atoms with Gasteiger partial charge in [0.05, 0.1) is 18.4 Å². The molecule has 0 bridgehead atoms. The lowest BCUT2D eigenvalue weighted by atomic mass is 10.4. The fourth-order valence-electron chi connectivity index (χ4n) is 0.976. The summed E-state index contributed by atoms with van der Waals surface area (Å²) in [6.07, 6.45) is -0.713. The van der Waals surface area contributed by atoms with Crippen LogP contribution < -0.4 is 0 Å². The predicted molar refractivity (Wildman–Crippen MR) is 48.2 cm³/mol. The summed E-state index contributed by atoms with van der Waals surface area (Å²) < 4.78 is 30.4. The summed E-state index contributed by atoms with van der Waals surface area (Å²) in [5, 5.41) is 3.93. The fraction of sp³-hybridized carbons (Fsp3) is 0.667. The molecular formula is C9H14F2N2O. The van der Waals surface area contributed by atoms with E-state index in [2.05, 4.69) is 5.10 Å². The van der Waals surface area contributed by atoms with Gasteiger partial charge < -0.3 is 4.74 Å². The molecule has 14 heavy (non-hydrogen) atoms. The first-order valence-electron chi connectivity index (χ1n) is 4.50. The standard InChI is InChI=1S/C9H14F2N2O/c1-7(2)14-6-8-3-4-13(12-8)5-9(10)11/h3-4,7,9H,5-6H2,1-2H3. The molecule has 0 aliphatic carbocycles. The SMILES string of the molecule is CC(C)OCc1ccn(CC(F)F)n1. The van der Waals surface area contributed by atoms with E-state index >= 15 is 0 Å². The van der Waals surface area contributed by atoms with Crippen LogP contribution in [-0.4, -0.2) is 22.3 Å². The van der Waals surface area contributed by atoms with E-state index in [-0.39, 0.29) is 12.6 Å². The van der Waals surface area contributed by atoms with Gasteiger partial charge in [-0.1, -0.05) is 0 Å². The molecule has 1 heterocycles. The smallest absolute Gasteiger partial charge is 0.257 e. The minimum absolute atomic E-state index is 0.121. The van der Waals surface area contributed by atoms with Crippen molar-refractivity contribution in [3.63, 3.8) is 0 Å². The molecule has 0 aliphatic rings. The van der Waals surface area contributed by atoms with E-state index in [4.69, 9.17) is 4.74 Å². The van der Waals surface area contributed by atoms with Gasteiger partial charge >= 0.3 is 0 Å². The lowest BCUT2D eigenvalue weighted by Gasteiger charge is -2.04. The second-order valence-corrected chi connectivity index (χ2v) is 3.28. The summed E-state index contributed by atoms with van der Waals surface area (Å²) in [6.45, 7) is 3.84. The van der Waals surface area contributed by atoms with E-state index in [1.165, 1.54) is 10.9 Å². The van der Waals surface area contributed by atoms with Crippen LogP contribution in [0.25, 0.3) is 0 Å². The van der Waals surface area contributed by atoms with E-state index in [1.807, 2.05) is 13.8 Å². The van der Waals surface area contributed by atoms with Crippen molar-refractivity contribution in [2.24, 2.45) is 0 Å². The Balaban J connectivity index is 2.42. The lowest BCUT2D eigenvalue weighted by Crippen LogP contribution is -2.08. The molecule has 80 valence electrons. The number of rotatable bonds is 5. The monoisotopic (exact) mass is 204 g/mol. The Hall–Kier alpha value is -0.970. The summed E-state index contributed by atoms with van der Waals surface area (Å²) in [7, 11) is 0. The highest BCUT2D eigenvalue weighted by atomic mass is 19.3. The first kappa shape index (κ1) is 11.1. The molecule has 0 aromatic carbocycles. The predicted octanol–water partition coefficient (Wildman–Crippen LogP) is 2.07. The molecule has 0 unspecified atom stereocenters. The third-order valence-electron chi connectivity index (χ3n) is 1.59. The Morgan fingerprint density at radius 2 is 2.21 bits per heavy atom. The van der Waals surface area contributed by atoms with Crippen LogP contribution in [0.5, 0.6) is 0 Å². The van der Waals surface area contributed by atoms with Crippen molar-refractivity contribution >= 4 is 0 Å². The minimum Gasteiger partial charge on any atom is -0.372 e. The highest BCUT2D eigenvalue weighted by Crippen LogP contribution is 2.03. The van der Waals surface area contributed by atoms with Crippen molar-refractivity contribution < 1.29 is 13.5 Å². The van der Waals surface area contributed by atoms with Crippen LogP contribution in [0.3, 0.4) is 0 Å². The highest BCUT2D eigenvalue weighted by Gasteiger charge is 2.06. The molecule has 0 saturated carbocycles. The molecule has 0 spiro atoms. The third-order valence-corrected chi connectivity index (χ3v) is 1.59. The van der Waals surface area contributed by atoms with Crippen molar-refractivity contribution in [1.29, 1.82) is 0 Å². The maximum Gasteiger partial charge on any atom is 0.257 e. The number of ether oxygens (including phenoxy) is 1. The van der Waals surface area contributed by atoms with E-state index in [1.54, 1.807) is 6.07 Å². The van der Waals surface area contributed by atoms with Crippen LogP contribution in [-0.2, 0) is 17.9 Å². The molecule has 0 atom stereocenters. The Morgan fingerprint density at radius 3 is 2.79 bits per heavy atom. The summed E-state index contributed by atoms with van der Waals surface area (Å²) in [4.78, 5) is 0. The fourth-order valence-corrected chi connectivity index (χ4v) is 0.976. The van der Waals surface area contributed by atoms with Crippen LogP contribution >= 0.6 is 0 Å². The number of nitrogens with zero attached hydrogens (tertiary/aromatic N) is 2. The Morgan fingerprint density at radius 1 is 1.50 bits per heavy atom. The van der Waals surface area contributed by atoms with Crippen molar-refractivity contribution in [2.75, 3.05) is 0 Å². The zero-order chi connectivity index (χ0) is 10.6. The van der Waals surface area contributed by atoms with E-state index in [0.717, 1.165) is 0 Å². The second-order valence-electron chi connectivity index (χ2n) is 3.28.